The molecule has 0 radical (unpaired) electrons. The first-order valence-corrected chi connectivity index (χ1v) is 7.91. The number of anilines is 1. The summed E-state index contributed by atoms with van der Waals surface area (Å²) in [5, 5.41) is 0. The third-order valence-electron chi connectivity index (χ3n) is 2.94. The van der Waals surface area contributed by atoms with Crippen molar-refractivity contribution in [1.82, 2.24) is 14.6 Å². The lowest BCUT2D eigenvalue weighted by Crippen LogP contribution is -2.30. The van der Waals surface area contributed by atoms with Crippen LogP contribution in [0.15, 0.2) is 23.4 Å². The highest BCUT2D eigenvalue weighted by molar-refractivity contribution is 7.89. The number of nitrogens with zero attached hydrogens (tertiary/aromatic N) is 2. The maximum Gasteiger partial charge on any atom is 0.244 e. The maximum absolute atomic E-state index is 12.0. The van der Waals surface area contributed by atoms with Crippen LogP contribution in [0.2, 0.25) is 0 Å². The molecule has 19 heavy (non-hydrogen) atoms. The van der Waals surface area contributed by atoms with Gasteiger partial charge in [-0.2, -0.15) is 0 Å². The minimum absolute atomic E-state index is 0.0397. The average molecular weight is 286 g/mol. The van der Waals surface area contributed by atoms with Gasteiger partial charge in [-0.3, -0.25) is 4.98 Å². The summed E-state index contributed by atoms with van der Waals surface area (Å²) < 4.78 is 26.5. The van der Waals surface area contributed by atoms with Crippen LogP contribution in [0.5, 0.6) is 0 Å². The summed E-state index contributed by atoms with van der Waals surface area (Å²) in [4.78, 5) is 6.07. The van der Waals surface area contributed by atoms with Crippen LogP contribution in [-0.2, 0) is 10.0 Å². The van der Waals surface area contributed by atoms with E-state index in [0.717, 1.165) is 26.1 Å². The zero-order valence-corrected chi connectivity index (χ0v) is 12.3. The first kappa shape index (κ1) is 15.9. The van der Waals surface area contributed by atoms with Gasteiger partial charge in [-0.1, -0.05) is 13.8 Å². The molecule has 0 unspecified atom stereocenters. The number of sulfonamides is 1. The smallest absolute Gasteiger partial charge is 0.244 e. The molecule has 1 heterocycles. The maximum atomic E-state index is 12.0. The number of aromatic nitrogens is 1. The van der Waals surface area contributed by atoms with E-state index >= 15 is 0 Å². The van der Waals surface area contributed by atoms with Gasteiger partial charge in [-0.05, 0) is 32.1 Å². The van der Waals surface area contributed by atoms with Crippen molar-refractivity contribution in [2.24, 2.45) is 0 Å². The number of pyridine rings is 1. The lowest BCUT2D eigenvalue weighted by Gasteiger charge is -2.17. The standard InChI is InChI=1S/C12H22N4O2S/c1-3-16(4-2)9-5-7-15-19(17,18)12-10-14-8-6-11(12)13/h6,8,10,15H,3-5,7,9H2,1-2H3,(H2,13,14). The van der Waals surface area contributed by atoms with E-state index in [9.17, 15) is 8.42 Å². The molecule has 7 heteroatoms. The van der Waals surface area contributed by atoms with Crippen molar-refractivity contribution in [1.29, 1.82) is 0 Å². The molecule has 0 saturated heterocycles. The normalized spacial score (nSPS) is 11.9. The van der Waals surface area contributed by atoms with Gasteiger partial charge >= 0.3 is 0 Å². The summed E-state index contributed by atoms with van der Waals surface area (Å²) in [5.74, 6) is 0. The van der Waals surface area contributed by atoms with E-state index < -0.39 is 10.0 Å². The molecule has 1 aromatic rings. The van der Waals surface area contributed by atoms with Gasteiger partial charge in [0.15, 0.2) is 0 Å². The summed E-state index contributed by atoms with van der Waals surface area (Å²) in [5.41, 5.74) is 5.85. The second-order valence-corrected chi connectivity index (χ2v) is 5.93. The molecular formula is C12H22N4O2S. The zero-order valence-electron chi connectivity index (χ0n) is 11.5. The Morgan fingerprint density at radius 2 is 2.05 bits per heavy atom. The molecule has 0 fully saturated rings. The predicted octanol–water partition coefficient (Wildman–Crippen LogP) is 0.674. The zero-order chi connectivity index (χ0) is 14.3. The van der Waals surface area contributed by atoms with Gasteiger partial charge in [0.2, 0.25) is 10.0 Å². The molecule has 0 aliphatic rings. The monoisotopic (exact) mass is 286 g/mol. The van der Waals surface area contributed by atoms with E-state index in [1.807, 2.05) is 0 Å². The lowest BCUT2D eigenvalue weighted by molar-refractivity contribution is 0.300. The van der Waals surface area contributed by atoms with Crippen molar-refractivity contribution < 1.29 is 8.42 Å². The van der Waals surface area contributed by atoms with Crippen LogP contribution < -0.4 is 10.5 Å². The molecule has 0 aromatic carbocycles. The fraction of sp³-hybridized carbons (Fsp3) is 0.583. The van der Waals surface area contributed by atoms with E-state index in [2.05, 4.69) is 28.5 Å². The second kappa shape index (κ2) is 7.42. The van der Waals surface area contributed by atoms with E-state index in [-0.39, 0.29) is 10.6 Å². The van der Waals surface area contributed by atoms with Gasteiger partial charge in [0.05, 0.1) is 5.69 Å². The number of hydrogen-bond acceptors (Lipinski definition) is 5. The van der Waals surface area contributed by atoms with Crippen LogP contribution in [0.25, 0.3) is 0 Å². The van der Waals surface area contributed by atoms with Crippen LogP contribution in [-0.4, -0.2) is 44.5 Å². The number of nitrogens with two attached hydrogens (primary N) is 1. The number of hydrogen-bond donors (Lipinski definition) is 2. The Hall–Kier alpha value is -1.18. The van der Waals surface area contributed by atoms with Crippen molar-refractivity contribution in [2.75, 3.05) is 31.9 Å². The van der Waals surface area contributed by atoms with Gasteiger partial charge < -0.3 is 10.6 Å². The summed E-state index contributed by atoms with van der Waals surface area (Å²) >= 11 is 0. The largest absolute Gasteiger partial charge is 0.398 e. The topological polar surface area (TPSA) is 88.3 Å². The van der Waals surface area contributed by atoms with E-state index in [1.54, 1.807) is 0 Å². The van der Waals surface area contributed by atoms with Gasteiger partial charge in [0.25, 0.3) is 0 Å². The van der Waals surface area contributed by atoms with Crippen LogP contribution >= 0.6 is 0 Å². The molecule has 0 saturated carbocycles. The Morgan fingerprint density at radius 3 is 2.63 bits per heavy atom. The fourth-order valence-electron chi connectivity index (χ4n) is 1.74. The Labute approximate surface area is 115 Å². The highest BCUT2D eigenvalue weighted by atomic mass is 32.2. The van der Waals surface area contributed by atoms with Crippen molar-refractivity contribution >= 4 is 15.7 Å². The molecule has 0 bridgehead atoms. The molecule has 1 aromatic heterocycles. The summed E-state index contributed by atoms with van der Waals surface area (Å²) in [6.45, 7) is 7.39. The lowest BCUT2D eigenvalue weighted by atomic mass is 10.4. The van der Waals surface area contributed by atoms with Gasteiger partial charge in [-0.15, -0.1) is 0 Å². The Kier molecular flexibility index (Phi) is 6.20. The minimum atomic E-state index is -3.56. The van der Waals surface area contributed by atoms with Crippen molar-refractivity contribution in [3.05, 3.63) is 18.5 Å². The highest BCUT2D eigenvalue weighted by Gasteiger charge is 2.16. The molecule has 0 spiro atoms. The van der Waals surface area contributed by atoms with Crippen LogP contribution in [0.4, 0.5) is 5.69 Å². The summed E-state index contributed by atoms with van der Waals surface area (Å²) in [6.07, 6.45) is 3.50. The summed E-state index contributed by atoms with van der Waals surface area (Å²) in [6, 6.07) is 1.48. The highest BCUT2D eigenvalue weighted by Crippen LogP contribution is 2.15. The second-order valence-electron chi connectivity index (χ2n) is 4.19. The number of rotatable bonds is 8. The van der Waals surface area contributed by atoms with Gasteiger partial charge in [0, 0.05) is 18.9 Å². The third-order valence-corrected chi connectivity index (χ3v) is 4.45. The molecule has 0 atom stereocenters. The quantitative estimate of drug-likeness (QED) is 0.686. The Morgan fingerprint density at radius 1 is 1.37 bits per heavy atom. The summed E-state index contributed by atoms with van der Waals surface area (Å²) in [7, 11) is -3.56. The first-order chi connectivity index (χ1) is 9.01. The van der Waals surface area contributed by atoms with Crippen LogP contribution in [0.3, 0.4) is 0 Å². The minimum Gasteiger partial charge on any atom is -0.398 e. The van der Waals surface area contributed by atoms with Gasteiger partial charge in [0.1, 0.15) is 4.90 Å². The number of nitrogen functional groups attached to an aromatic ring is 1. The fourth-order valence-corrected chi connectivity index (χ4v) is 2.89. The molecular weight excluding hydrogens is 264 g/mol. The predicted molar refractivity (Wildman–Crippen MR) is 76.2 cm³/mol. The van der Waals surface area contributed by atoms with Crippen LogP contribution in [0.1, 0.15) is 20.3 Å². The van der Waals surface area contributed by atoms with E-state index in [0.29, 0.717) is 6.54 Å². The molecule has 108 valence electrons. The van der Waals surface area contributed by atoms with Crippen molar-refractivity contribution in [3.8, 4) is 0 Å². The first-order valence-electron chi connectivity index (χ1n) is 6.42. The van der Waals surface area contributed by atoms with E-state index in [4.69, 9.17) is 5.73 Å². The average Bonchev–Trinajstić information content (AvgIpc) is 2.39. The van der Waals surface area contributed by atoms with Crippen LogP contribution in [0, 0.1) is 0 Å². The molecule has 0 amide bonds. The van der Waals surface area contributed by atoms with E-state index in [1.165, 1.54) is 18.5 Å². The van der Waals surface area contributed by atoms with Crippen molar-refractivity contribution in [3.63, 3.8) is 0 Å². The number of nitrogens with one attached hydrogen (secondary N) is 1. The molecule has 1 rings (SSSR count). The molecule has 0 aliphatic carbocycles. The Balaban J connectivity index is 2.51. The molecule has 0 aliphatic heterocycles. The van der Waals surface area contributed by atoms with Crippen molar-refractivity contribution in [2.45, 2.75) is 25.2 Å². The third kappa shape index (κ3) is 4.77. The SMILES string of the molecule is CCN(CC)CCCNS(=O)(=O)c1cnccc1N. The molecule has 3 N–H and O–H groups in total. The van der Waals surface area contributed by atoms with Gasteiger partial charge in [-0.25, -0.2) is 13.1 Å². The molecule has 6 nitrogen and oxygen atoms in total. The Bertz CT molecular complexity index is 486.